The van der Waals surface area contributed by atoms with Gasteiger partial charge in [0.15, 0.2) is 6.29 Å². The average molecular weight is 1110 g/mol. The number of hydrogen-bond donors (Lipinski definition) is 6. The van der Waals surface area contributed by atoms with E-state index in [-0.39, 0.29) is 100.0 Å². The molecule has 1 fully saturated rings. The molecule has 6 N–H and O–H groups in total. The van der Waals surface area contributed by atoms with Crippen molar-refractivity contribution in [1.29, 1.82) is 0 Å². The lowest BCUT2D eigenvalue weighted by atomic mass is 9.89. The van der Waals surface area contributed by atoms with Crippen LogP contribution in [-0.2, 0) is 68.4 Å². The van der Waals surface area contributed by atoms with Crippen molar-refractivity contribution < 1.29 is 71.9 Å². The summed E-state index contributed by atoms with van der Waals surface area (Å²) in [6, 6.07) is 5.42. The molecule has 0 radical (unpaired) electrons. The maximum absolute atomic E-state index is 14.4. The number of aliphatic hydroxyl groups is 1. The van der Waals surface area contributed by atoms with E-state index in [0.717, 1.165) is 5.56 Å². The zero-order valence-corrected chi connectivity index (χ0v) is 48.9. The van der Waals surface area contributed by atoms with Crippen molar-refractivity contribution in [2.75, 3.05) is 67.8 Å². The van der Waals surface area contributed by atoms with Gasteiger partial charge in [0.25, 0.3) is 0 Å². The second-order valence-electron chi connectivity index (χ2n) is 21.0. The monoisotopic (exact) mass is 1110 g/mol. The summed E-state index contributed by atoms with van der Waals surface area (Å²) in [7, 11) is 6.09. The summed E-state index contributed by atoms with van der Waals surface area (Å²) in [5.74, 6) is -4.12. The van der Waals surface area contributed by atoms with E-state index < -0.39 is 90.5 Å². The van der Waals surface area contributed by atoms with Gasteiger partial charge >= 0.3 is 12.1 Å². The number of methoxy groups -OCH3 is 3. The summed E-state index contributed by atoms with van der Waals surface area (Å²) in [6.45, 7) is 18.4. The number of alkyl carbamates (subject to hydrolysis) is 1. The molecule has 1 aromatic rings. The predicted molar refractivity (Wildman–Crippen MR) is 292 cm³/mol. The van der Waals surface area contributed by atoms with Gasteiger partial charge in [0.2, 0.25) is 35.4 Å². The van der Waals surface area contributed by atoms with Gasteiger partial charge in [0, 0.05) is 66.8 Å². The minimum atomic E-state index is -1.01. The Labute approximate surface area is 463 Å². The number of amides is 7. The van der Waals surface area contributed by atoms with E-state index in [2.05, 4.69) is 26.6 Å². The molecule has 0 aliphatic carbocycles. The summed E-state index contributed by atoms with van der Waals surface area (Å²) in [6.07, 6.45) is -0.972. The number of aliphatic hydroxyl groups excluding tert-OH is 1. The predicted octanol–water partition coefficient (Wildman–Crippen LogP) is 3.50. The number of ether oxygens (including phenoxy) is 6. The quantitative estimate of drug-likeness (QED) is 0.0319. The zero-order chi connectivity index (χ0) is 58.6. The number of esters is 1. The number of rotatable bonds is 36. The molecular weight excluding hydrogens is 1010 g/mol. The lowest BCUT2D eigenvalue weighted by molar-refractivity contribution is -0.181. The third kappa shape index (κ3) is 22.4. The largest absolute Gasteiger partial charge is 0.464 e. The van der Waals surface area contributed by atoms with Crippen molar-refractivity contribution in [2.24, 2.45) is 29.6 Å². The molecular formula is C56H95N7O15. The van der Waals surface area contributed by atoms with Crippen LogP contribution in [0, 0.1) is 29.6 Å². The number of benzene rings is 1. The molecule has 0 spiro atoms. The van der Waals surface area contributed by atoms with Crippen LogP contribution in [0.15, 0.2) is 30.3 Å². The first-order valence-electron chi connectivity index (χ1n) is 27.7. The zero-order valence-electron chi connectivity index (χ0n) is 48.9. The first kappa shape index (κ1) is 68.7. The molecule has 1 heterocycles. The SMILES string of the molecule is CCC(CO)OC(COC(=O)NCCC(=O)N[C@@H](C)C(=O)OCCCNC(=O)[C@@H](Cc1ccccc1)NC(=O)[C@H](C)[C@@H](OC)[C@@H]1CCCN1C(=O)C[C@@H](OC)[C@H]([C@@H](C)CC)N(C)C(=O)[C@@H](NC(=O)[C@@H](C)C(C)C)C(C)C)OC. The average Bonchev–Trinajstić information content (AvgIpc) is 3.91. The fourth-order valence-electron chi connectivity index (χ4n) is 9.18. The first-order valence-corrected chi connectivity index (χ1v) is 27.7. The number of likely N-dealkylation sites (N-methyl/N-ethyl adjacent to an activating group) is 1. The minimum absolute atomic E-state index is 0.0466. The van der Waals surface area contributed by atoms with Crippen LogP contribution in [0.1, 0.15) is 120 Å². The third-order valence-electron chi connectivity index (χ3n) is 14.7. The van der Waals surface area contributed by atoms with E-state index in [4.69, 9.17) is 28.4 Å². The van der Waals surface area contributed by atoms with Crippen molar-refractivity contribution >= 4 is 47.5 Å². The second-order valence-corrected chi connectivity index (χ2v) is 21.0. The van der Waals surface area contributed by atoms with E-state index in [1.807, 2.05) is 85.7 Å². The molecule has 78 heavy (non-hydrogen) atoms. The van der Waals surface area contributed by atoms with Crippen molar-refractivity contribution in [3.63, 3.8) is 0 Å². The molecule has 2 unspecified atom stereocenters. The lowest BCUT2D eigenvalue weighted by Crippen LogP contribution is -2.58. The van der Waals surface area contributed by atoms with Gasteiger partial charge in [0.1, 0.15) is 24.7 Å². The number of carbonyl (C=O) groups is 8. The Kier molecular flexibility index (Phi) is 31.7. The normalized spacial score (nSPS) is 17.7. The Bertz CT molecular complexity index is 2010. The van der Waals surface area contributed by atoms with E-state index >= 15 is 0 Å². The first-order chi connectivity index (χ1) is 37.0. The topological polar surface area (TPSA) is 279 Å². The molecule has 1 aliphatic rings. The molecule has 0 bridgehead atoms. The summed E-state index contributed by atoms with van der Waals surface area (Å²) in [5.41, 5.74) is 0.800. The Balaban J connectivity index is 2.05. The molecule has 1 saturated heterocycles. The van der Waals surface area contributed by atoms with E-state index in [1.165, 1.54) is 28.3 Å². The molecule has 22 heteroatoms. The third-order valence-corrected chi connectivity index (χ3v) is 14.7. The highest BCUT2D eigenvalue weighted by atomic mass is 16.7. The number of nitrogens with one attached hydrogen (secondary N) is 5. The van der Waals surface area contributed by atoms with Crippen LogP contribution in [0.5, 0.6) is 0 Å². The highest BCUT2D eigenvalue weighted by Gasteiger charge is 2.43. The molecule has 12 atom stereocenters. The van der Waals surface area contributed by atoms with Crippen LogP contribution in [0.25, 0.3) is 0 Å². The second kappa shape index (κ2) is 36.0. The molecule has 1 aromatic carbocycles. The maximum Gasteiger partial charge on any atom is 0.407 e. The highest BCUT2D eigenvalue weighted by molar-refractivity contribution is 5.90. The van der Waals surface area contributed by atoms with Gasteiger partial charge in [-0.1, -0.05) is 99.1 Å². The standard InChI is InChI=1S/C56H95N7O15/c1-15-36(7)49(62(11)54(70)48(35(5)6)61-51(67)37(8)34(3)4)44(73-12)31-46(66)63-28-20-24-43(63)50(75-14)38(9)52(68)60-42(30-40-22-18-17-19-23-40)53(69)57-26-21-29-76-55(71)39(10)59-45(65)25-27-58-56(72)77-33-47(74-13)78-41(16-2)32-64/h17-19,22-23,34-39,41-44,47-50,64H,15-16,20-21,24-33H2,1-14H3,(H,57,69)(H,58,72)(H,59,65)(H,60,68)(H,61,67)/t36-,37-,38+,39-,41?,42+,43-,44+,47?,48-,49-,50+/m0/s1. The van der Waals surface area contributed by atoms with Gasteiger partial charge < -0.3 is 69.9 Å². The molecule has 1 aliphatic heterocycles. The smallest absolute Gasteiger partial charge is 0.407 e. The minimum Gasteiger partial charge on any atom is -0.464 e. The maximum atomic E-state index is 14.4. The molecule has 444 valence electrons. The number of likely N-dealkylation sites (tertiary alicyclic amines) is 1. The fourth-order valence-corrected chi connectivity index (χ4v) is 9.18. The fraction of sp³-hybridized carbons (Fsp3) is 0.750. The van der Waals surface area contributed by atoms with E-state index in [9.17, 15) is 43.5 Å². The Hall–Kier alpha value is -5.42. The van der Waals surface area contributed by atoms with E-state index in [1.54, 1.807) is 23.8 Å². The van der Waals surface area contributed by atoms with Crippen molar-refractivity contribution in [3.8, 4) is 0 Å². The van der Waals surface area contributed by atoms with Gasteiger partial charge in [-0.2, -0.15) is 0 Å². The molecule has 22 nitrogen and oxygen atoms in total. The summed E-state index contributed by atoms with van der Waals surface area (Å²) < 4.78 is 33.1. The number of hydrogen-bond acceptors (Lipinski definition) is 15. The van der Waals surface area contributed by atoms with Gasteiger partial charge in [-0.05, 0) is 55.9 Å². The van der Waals surface area contributed by atoms with Crippen LogP contribution in [0.3, 0.4) is 0 Å². The van der Waals surface area contributed by atoms with E-state index in [0.29, 0.717) is 32.2 Å². The van der Waals surface area contributed by atoms with Gasteiger partial charge in [-0.3, -0.25) is 28.8 Å². The van der Waals surface area contributed by atoms with Crippen LogP contribution in [0.4, 0.5) is 4.79 Å². The summed E-state index contributed by atoms with van der Waals surface area (Å²) >= 11 is 0. The van der Waals surface area contributed by atoms with Crippen LogP contribution in [-0.4, -0.2) is 185 Å². The molecule has 0 saturated carbocycles. The van der Waals surface area contributed by atoms with Crippen LogP contribution >= 0.6 is 0 Å². The molecule has 2 rings (SSSR count). The van der Waals surface area contributed by atoms with Crippen LogP contribution in [0.2, 0.25) is 0 Å². The summed E-state index contributed by atoms with van der Waals surface area (Å²) in [5, 5.41) is 23.0. The van der Waals surface area contributed by atoms with Gasteiger partial charge in [0.05, 0.1) is 55.9 Å². The Morgan fingerprint density at radius 3 is 2.01 bits per heavy atom. The number of nitrogens with zero attached hydrogens (tertiary/aromatic N) is 2. The Morgan fingerprint density at radius 1 is 0.769 bits per heavy atom. The molecule has 0 aromatic heterocycles. The highest BCUT2D eigenvalue weighted by Crippen LogP contribution is 2.30. The van der Waals surface area contributed by atoms with Gasteiger partial charge in [-0.15, -0.1) is 0 Å². The van der Waals surface area contributed by atoms with Crippen LogP contribution < -0.4 is 26.6 Å². The van der Waals surface area contributed by atoms with Gasteiger partial charge in [-0.25, -0.2) is 9.59 Å². The van der Waals surface area contributed by atoms with Crippen molar-refractivity contribution in [3.05, 3.63) is 35.9 Å². The van der Waals surface area contributed by atoms with Crippen molar-refractivity contribution in [2.45, 2.75) is 175 Å². The molecule has 7 amide bonds. The van der Waals surface area contributed by atoms with Crippen molar-refractivity contribution in [1.82, 2.24) is 36.4 Å². The number of carbonyl (C=O) groups excluding carboxylic acids is 8. The lowest BCUT2D eigenvalue weighted by Gasteiger charge is -2.41. The Morgan fingerprint density at radius 2 is 1.44 bits per heavy atom. The summed E-state index contributed by atoms with van der Waals surface area (Å²) in [4.78, 5) is 110.